The molecular weight excluding hydrogens is 306 g/mol. The van der Waals surface area contributed by atoms with Crippen LogP contribution >= 0.6 is 0 Å². The van der Waals surface area contributed by atoms with E-state index in [-0.39, 0.29) is 0 Å². The standard InChI is InChI=1S/C22H31N3/c1-17-6-11-21(18(2)16-17)22(25-14-5-12-23-13-15-25)19-7-9-20(10-8-19)24(3)4/h6-11,16,22-23H,5,12-15H2,1-4H3. The number of hydrogen-bond donors (Lipinski definition) is 1. The molecule has 1 N–H and O–H groups in total. The van der Waals surface area contributed by atoms with Gasteiger partial charge in [-0.25, -0.2) is 0 Å². The Morgan fingerprint density at radius 2 is 1.72 bits per heavy atom. The third kappa shape index (κ3) is 4.23. The number of nitrogens with one attached hydrogen (secondary N) is 1. The van der Waals surface area contributed by atoms with E-state index in [9.17, 15) is 0 Å². The van der Waals surface area contributed by atoms with Gasteiger partial charge in [-0.05, 0) is 55.6 Å². The molecule has 3 heteroatoms. The third-order valence-corrected chi connectivity index (χ3v) is 5.18. The van der Waals surface area contributed by atoms with Gasteiger partial charge in [-0.15, -0.1) is 0 Å². The van der Waals surface area contributed by atoms with Gasteiger partial charge in [-0.2, -0.15) is 0 Å². The lowest BCUT2D eigenvalue weighted by Gasteiger charge is -2.32. The summed E-state index contributed by atoms with van der Waals surface area (Å²) >= 11 is 0. The average Bonchev–Trinajstić information content (AvgIpc) is 2.87. The molecule has 1 heterocycles. The maximum atomic E-state index is 3.53. The minimum absolute atomic E-state index is 0.330. The summed E-state index contributed by atoms with van der Waals surface area (Å²) in [5, 5.41) is 3.53. The summed E-state index contributed by atoms with van der Waals surface area (Å²) in [4.78, 5) is 4.80. The van der Waals surface area contributed by atoms with Gasteiger partial charge in [-0.1, -0.05) is 35.9 Å². The highest BCUT2D eigenvalue weighted by Gasteiger charge is 2.24. The topological polar surface area (TPSA) is 18.5 Å². The Hall–Kier alpha value is -1.84. The quantitative estimate of drug-likeness (QED) is 0.916. The molecule has 25 heavy (non-hydrogen) atoms. The molecule has 1 atom stereocenters. The Morgan fingerprint density at radius 1 is 0.960 bits per heavy atom. The van der Waals surface area contributed by atoms with Gasteiger partial charge in [0.15, 0.2) is 0 Å². The Kier molecular flexibility index (Phi) is 5.77. The zero-order chi connectivity index (χ0) is 17.8. The molecule has 0 radical (unpaired) electrons. The lowest BCUT2D eigenvalue weighted by atomic mass is 9.92. The van der Waals surface area contributed by atoms with Crippen molar-refractivity contribution in [3.05, 3.63) is 64.7 Å². The summed E-state index contributed by atoms with van der Waals surface area (Å²) in [7, 11) is 4.19. The molecule has 0 aliphatic carbocycles. The predicted molar refractivity (Wildman–Crippen MR) is 108 cm³/mol. The molecule has 1 aliphatic heterocycles. The Labute approximate surface area is 152 Å². The molecule has 3 rings (SSSR count). The van der Waals surface area contributed by atoms with Gasteiger partial charge in [0, 0.05) is 39.4 Å². The lowest BCUT2D eigenvalue weighted by molar-refractivity contribution is 0.240. The number of rotatable bonds is 4. The van der Waals surface area contributed by atoms with Crippen LogP contribution in [-0.4, -0.2) is 45.2 Å². The minimum atomic E-state index is 0.330. The van der Waals surface area contributed by atoms with Crippen LogP contribution in [0.5, 0.6) is 0 Å². The van der Waals surface area contributed by atoms with Crippen molar-refractivity contribution in [1.29, 1.82) is 0 Å². The van der Waals surface area contributed by atoms with Gasteiger partial charge in [0.25, 0.3) is 0 Å². The minimum Gasteiger partial charge on any atom is -0.378 e. The molecule has 0 bridgehead atoms. The molecule has 0 saturated carbocycles. The van der Waals surface area contributed by atoms with Crippen molar-refractivity contribution in [1.82, 2.24) is 10.2 Å². The molecule has 1 saturated heterocycles. The third-order valence-electron chi connectivity index (χ3n) is 5.18. The largest absolute Gasteiger partial charge is 0.378 e. The van der Waals surface area contributed by atoms with E-state index in [4.69, 9.17) is 0 Å². The molecule has 0 spiro atoms. The van der Waals surface area contributed by atoms with Gasteiger partial charge in [0.1, 0.15) is 0 Å². The zero-order valence-corrected chi connectivity index (χ0v) is 16.0. The van der Waals surface area contributed by atoms with Crippen LogP contribution in [0.15, 0.2) is 42.5 Å². The maximum Gasteiger partial charge on any atom is 0.0604 e. The van der Waals surface area contributed by atoms with Crippen LogP contribution in [0, 0.1) is 13.8 Å². The van der Waals surface area contributed by atoms with E-state index in [0.29, 0.717) is 6.04 Å². The van der Waals surface area contributed by atoms with E-state index in [1.54, 1.807) is 0 Å². The molecular formula is C22H31N3. The molecule has 134 valence electrons. The van der Waals surface area contributed by atoms with E-state index < -0.39 is 0 Å². The number of benzene rings is 2. The van der Waals surface area contributed by atoms with Crippen LogP contribution < -0.4 is 10.2 Å². The molecule has 1 aliphatic rings. The number of aryl methyl sites for hydroxylation is 2. The van der Waals surface area contributed by atoms with E-state index in [0.717, 1.165) is 26.2 Å². The molecule has 2 aromatic rings. The molecule has 1 unspecified atom stereocenters. The maximum absolute atomic E-state index is 3.53. The summed E-state index contributed by atoms with van der Waals surface area (Å²) in [6.45, 7) is 8.84. The highest BCUT2D eigenvalue weighted by Crippen LogP contribution is 2.32. The first kappa shape index (κ1) is 18.0. The van der Waals surface area contributed by atoms with E-state index in [1.807, 2.05) is 0 Å². The van der Waals surface area contributed by atoms with Crippen molar-refractivity contribution in [2.24, 2.45) is 0 Å². The van der Waals surface area contributed by atoms with Gasteiger partial charge in [-0.3, -0.25) is 4.90 Å². The van der Waals surface area contributed by atoms with Crippen LogP contribution in [0.1, 0.15) is 34.7 Å². The average molecular weight is 338 g/mol. The van der Waals surface area contributed by atoms with Gasteiger partial charge in [0.2, 0.25) is 0 Å². The summed E-state index contributed by atoms with van der Waals surface area (Å²) < 4.78 is 0. The highest BCUT2D eigenvalue weighted by molar-refractivity contribution is 5.48. The monoisotopic (exact) mass is 337 g/mol. The second-order valence-corrected chi connectivity index (χ2v) is 7.39. The molecule has 0 amide bonds. The smallest absolute Gasteiger partial charge is 0.0604 e. The van der Waals surface area contributed by atoms with Crippen molar-refractivity contribution >= 4 is 5.69 Å². The Bertz CT molecular complexity index is 683. The first-order valence-electron chi connectivity index (χ1n) is 9.35. The van der Waals surface area contributed by atoms with Crippen molar-refractivity contribution in [2.75, 3.05) is 45.2 Å². The summed E-state index contributed by atoms with van der Waals surface area (Å²) in [5.41, 5.74) is 6.80. The van der Waals surface area contributed by atoms with Crippen molar-refractivity contribution < 1.29 is 0 Å². The number of hydrogen-bond acceptors (Lipinski definition) is 3. The highest BCUT2D eigenvalue weighted by atomic mass is 15.2. The van der Waals surface area contributed by atoms with E-state index >= 15 is 0 Å². The van der Waals surface area contributed by atoms with E-state index in [1.165, 1.54) is 34.4 Å². The fraction of sp³-hybridized carbons (Fsp3) is 0.455. The van der Waals surface area contributed by atoms with Crippen LogP contribution in [0.2, 0.25) is 0 Å². The van der Waals surface area contributed by atoms with Gasteiger partial charge < -0.3 is 10.2 Å². The van der Waals surface area contributed by atoms with E-state index in [2.05, 4.69) is 85.5 Å². The molecule has 2 aromatic carbocycles. The summed E-state index contributed by atoms with van der Waals surface area (Å²) in [6.07, 6.45) is 1.21. The predicted octanol–water partition coefficient (Wildman–Crippen LogP) is 3.75. The SMILES string of the molecule is Cc1ccc(C(c2ccc(N(C)C)cc2)N2CCCNCC2)c(C)c1. The fourth-order valence-corrected chi connectivity index (χ4v) is 3.80. The van der Waals surface area contributed by atoms with Crippen LogP contribution in [0.4, 0.5) is 5.69 Å². The number of nitrogens with zero attached hydrogens (tertiary/aromatic N) is 2. The zero-order valence-electron chi connectivity index (χ0n) is 16.0. The van der Waals surface area contributed by atoms with Crippen LogP contribution in [0.3, 0.4) is 0 Å². The van der Waals surface area contributed by atoms with Crippen molar-refractivity contribution in [3.63, 3.8) is 0 Å². The van der Waals surface area contributed by atoms with Gasteiger partial charge in [0.05, 0.1) is 6.04 Å². The van der Waals surface area contributed by atoms with Crippen molar-refractivity contribution in [3.8, 4) is 0 Å². The second kappa shape index (κ2) is 8.03. The van der Waals surface area contributed by atoms with Crippen molar-refractivity contribution in [2.45, 2.75) is 26.3 Å². The first-order chi connectivity index (χ1) is 12.1. The van der Waals surface area contributed by atoms with Gasteiger partial charge >= 0.3 is 0 Å². The molecule has 3 nitrogen and oxygen atoms in total. The Balaban J connectivity index is 2.01. The second-order valence-electron chi connectivity index (χ2n) is 7.39. The Morgan fingerprint density at radius 3 is 2.40 bits per heavy atom. The fourth-order valence-electron chi connectivity index (χ4n) is 3.80. The lowest BCUT2D eigenvalue weighted by Crippen LogP contribution is -2.33. The number of anilines is 1. The summed E-state index contributed by atoms with van der Waals surface area (Å²) in [6, 6.07) is 16.3. The first-order valence-corrected chi connectivity index (χ1v) is 9.35. The summed E-state index contributed by atoms with van der Waals surface area (Å²) in [5.74, 6) is 0. The normalized spacial score (nSPS) is 17.1. The molecule has 0 aromatic heterocycles. The van der Waals surface area contributed by atoms with Crippen LogP contribution in [-0.2, 0) is 0 Å². The molecule has 1 fully saturated rings. The van der Waals surface area contributed by atoms with Crippen LogP contribution in [0.25, 0.3) is 0 Å².